The summed E-state index contributed by atoms with van der Waals surface area (Å²) in [6.45, 7) is 2.07. The first kappa shape index (κ1) is 25.4. The first-order chi connectivity index (χ1) is 18.1. The number of nitrogens with zero attached hydrogens (tertiary/aromatic N) is 2. The van der Waals surface area contributed by atoms with Crippen molar-refractivity contribution in [1.82, 2.24) is 9.97 Å². The molecule has 192 valence electrons. The third-order valence-electron chi connectivity index (χ3n) is 6.36. The fourth-order valence-corrected chi connectivity index (χ4v) is 5.14. The van der Waals surface area contributed by atoms with Gasteiger partial charge in [-0.25, -0.2) is 9.97 Å². The van der Waals surface area contributed by atoms with Gasteiger partial charge in [-0.05, 0) is 30.5 Å². The van der Waals surface area contributed by atoms with Gasteiger partial charge in [-0.15, -0.1) is 0 Å². The Balaban J connectivity index is 1.60. The molecule has 1 fully saturated rings. The predicted octanol–water partition coefficient (Wildman–Crippen LogP) is 6.82. The first-order valence-corrected chi connectivity index (χ1v) is 12.9. The van der Waals surface area contributed by atoms with Crippen molar-refractivity contribution in [2.24, 2.45) is 0 Å². The number of hydrogen-bond acceptors (Lipinski definition) is 7. The Bertz CT molecular complexity index is 1370. The standard InChI is InChI=1S/C28H28Cl2N4O3/c1-35-22-13-23(36-2)27(30)25(26(22)29)21-11-18-15-31-24(33-19-9-6-10-37-16-19)12-20(18)28(34-21)32-14-17-7-4-3-5-8-17/h3-5,7-8,11-13,15,19H,6,9-10,14,16H2,1-2H3,(H,31,33)(H,32,34)/t19-/m0/s1. The van der Waals surface area contributed by atoms with E-state index in [-0.39, 0.29) is 6.04 Å². The fraction of sp³-hybridized carbons (Fsp3) is 0.286. The molecule has 0 unspecified atom stereocenters. The summed E-state index contributed by atoms with van der Waals surface area (Å²) in [5.41, 5.74) is 2.25. The van der Waals surface area contributed by atoms with Crippen LogP contribution in [0.4, 0.5) is 11.6 Å². The summed E-state index contributed by atoms with van der Waals surface area (Å²) in [5, 5.41) is 9.54. The van der Waals surface area contributed by atoms with E-state index in [1.165, 1.54) is 0 Å². The number of methoxy groups -OCH3 is 2. The van der Waals surface area contributed by atoms with Crippen molar-refractivity contribution in [2.75, 3.05) is 38.1 Å². The van der Waals surface area contributed by atoms with E-state index in [0.717, 1.165) is 41.6 Å². The lowest BCUT2D eigenvalue weighted by atomic mass is 10.1. The normalized spacial score (nSPS) is 15.4. The van der Waals surface area contributed by atoms with E-state index in [9.17, 15) is 0 Å². The number of hydrogen-bond donors (Lipinski definition) is 2. The monoisotopic (exact) mass is 538 g/mol. The van der Waals surface area contributed by atoms with E-state index in [0.29, 0.717) is 51.8 Å². The number of rotatable bonds is 8. The van der Waals surface area contributed by atoms with Crippen LogP contribution in [-0.4, -0.2) is 43.4 Å². The van der Waals surface area contributed by atoms with Crippen molar-refractivity contribution < 1.29 is 14.2 Å². The molecule has 0 radical (unpaired) electrons. The average molecular weight is 539 g/mol. The van der Waals surface area contributed by atoms with E-state index in [1.54, 1.807) is 20.3 Å². The predicted molar refractivity (Wildman–Crippen MR) is 149 cm³/mol. The van der Waals surface area contributed by atoms with E-state index in [1.807, 2.05) is 36.5 Å². The second-order valence-electron chi connectivity index (χ2n) is 8.83. The van der Waals surface area contributed by atoms with Crippen molar-refractivity contribution in [3.8, 4) is 22.8 Å². The molecule has 0 saturated carbocycles. The van der Waals surface area contributed by atoms with Crippen LogP contribution in [0.3, 0.4) is 0 Å². The molecular formula is C28H28Cl2N4O3. The summed E-state index contributed by atoms with van der Waals surface area (Å²) in [6.07, 6.45) is 3.91. The minimum atomic E-state index is 0.230. The van der Waals surface area contributed by atoms with E-state index in [4.69, 9.17) is 42.4 Å². The average Bonchev–Trinajstić information content (AvgIpc) is 2.93. The van der Waals surface area contributed by atoms with Gasteiger partial charge in [-0.2, -0.15) is 0 Å². The van der Waals surface area contributed by atoms with Crippen LogP contribution in [0.2, 0.25) is 10.0 Å². The molecule has 3 heterocycles. The Hall–Kier alpha value is -3.26. The summed E-state index contributed by atoms with van der Waals surface area (Å²) in [4.78, 5) is 9.65. The van der Waals surface area contributed by atoms with Crippen LogP contribution in [0.5, 0.6) is 11.5 Å². The highest BCUT2D eigenvalue weighted by molar-refractivity contribution is 6.41. The molecule has 37 heavy (non-hydrogen) atoms. The van der Waals surface area contributed by atoms with Crippen molar-refractivity contribution in [3.05, 3.63) is 70.3 Å². The van der Waals surface area contributed by atoms with Crippen molar-refractivity contribution in [2.45, 2.75) is 25.4 Å². The zero-order valence-corrected chi connectivity index (χ0v) is 22.2. The van der Waals surface area contributed by atoms with Gasteiger partial charge in [0.05, 0.1) is 42.6 Å². The number of pyridine rings is 2. The number of anilines is 2. The minimum Gasteiger partial charge on any atom is -0.495 e. The maximum Gasteiger partial charge on any atom is 0.141 e. The Morgan fingerprint density at radius 3 is 2.46 bits per heavy atom. The van der Waals surface area contributed by atoms with Gasteiger partial charge in [0.15, 0.2) is 0 Å². The van der Waals surface area contributed by atoms with Crippen LogP contribution in [0.15, 0.2) is 54.7 Å². The molecule has 4 aromatic rings. The van der Waals surface area contributed by atoms with E-state index >= 15 is 0 Å². The molecule has 0 bridgehead atoms. The van der Waals surface area contributed by atoms with Crippen LogP contribution in [0.1, 0.15) is 18.4 Å². The molecular weight excluding hydrogens is 511 g/mol. The highest BCUT2D eigenvalue weighted by Gasteiger charge is 2.22. The summed E-state index contributed by atoms with van der Waals surface area (Å²) in [7, 11) is 3.10. The van der Waals surface area contributed by atoms with Crippen LogP contribution < -0.4 is 20.1 Å². The van der Waals surface area contributed by atoms with Gasteiger partial charge < -0.3 is 24.8 Å². The number of ether oxygens (including phenoxy) is 3. The Labute approximate surface area is 226 Å². The second-order valence-corrected chi connectivity index (χ2v) is 9.58. The van der Waals surface area contributed by atoms with Gasteiger partial charge in [0.2, 0.25) is 0 Å². The van der Waals surface area contributed by atoms with Gasteiger partial charge in [-0.1, -0.05) is 53.5 Å². The molecule has 2 aromatic carbocycles. The zero-order chi connectivity index (χ0) is 25.8. The summed E-state index contributed by atoms with van der Waals surface area (Å²) in [5.74, 6) is 2.37. The van der Waals surface area contributed by atoms with E-state index in [2.05, 4.69) is 27.8 Å². The quantitative estimate of drug-likeness (QED) is 0.254. The van der Waals surface area contributed by atoms with E-state index < -0.39 is 0 Å². The highest BCUT2D eigenvalue weighted by atomic mass is 35.5. The number of halogens is 2. The zero-order valence-electron chi connectivity index (χ0n) is 20.7. The molecule has 0 spiro atoms. The Kier molecular flexibility index (Phi) is 7.84. The SMILES string of the molecule is COc1cc(OC)c(Cl)c(-c2cc3cnc(N[C@H]4CCCOC4)cc3c(NCc3ccccc3)n2)c1Cl. The van der Waals surface area contributed by atoms with Gasteiger partial charge in [0, 0.05) is 41.8 Å². The van der Waals surface area contributed by atoms with Gasteiger partial charge in [0.25, 0.3) is 0 Å². The first-order valence-electron chi connectivity index (χ1n) is 12.1. The second kappa shape index (κ2) is 11.4. The summed E-state index contributed by atoms with van der Waals surface area (Å²) < 4.78 is 16.6. The maximum absolute atomic E-state index is 6.72. The number of aromatic nitrogens is 2. The lowest BCUT2D eigenvalue weighted by Gasteiger charge is -2.24. The van der Waals surface area contributed by atoms with Gasteiger partial charge >= 0.3 is 0 Å². The molecule has 1 aliphatic heterocycles. The Morgan fingerprint density at radius 1 is 1.03 bits per heavy atom. The molecule has 1 aliphatic rings. The Morgan fingerprint density at radius 2 is 1.78 bits per heavy atom. The van der Waals surface area contributed by atoms with Crippen molar-refractivity contribution in [1.29, 1.82) is 0 Å². The lowest BCUT2D eigenvalue weighted by Crippen LogP contribution is -2.30. The highest BCUT2D eigenvalue weighted by Crippen LogP contribution is 2.46. The van der Waals surface area contributed by atoms with Gasteiger partial charge in [-0.3, -0.25) is 0 Å². The van der Waals surface area contributed by atoms with Crippen LogP contribution in [0, 0.1) is 0 Å². The molecule has 5 rings (SSSR count). The van der Waals surface area contributed by atoms with Crippen molar-refractivity contribution in [3.63, 3.8) is 0 Å². The van der Waals surface area contributed by atoms with Gasteiger partial charge in [0.1, 0.15) is 23.1 Å². The third-order valence-corrected chi connectivity index (χ3v) is 7.11. The molecule has 1 saturated heterocycles. The van der Waals surface area contributed by atoms with Crippen LogP contribution >= 0.6 is 23.2 Å². The van der Waals surface area contributed by atoms with Crippen LogP contribution in [-0.2, 0) is 11.3 Å². The summed E-state index contributed by atoms with van der Waals surface area (Å²) in [6, 6.07) is 16.0. The van der Waals surface area contributed by atoms with Crippen molar-refractivity contribution >= 4 is 45.6 Å². The largest absolute Gasteiger partial charge is 0.495 e. The molecule has 0 amide bonds. The topological polar surface area (TPSA) is 77.5 Å². The molecule has 0 aliphatic carbocycles. The smallest absolute Gasteiger partial charge is 0.141 e. The molecule has 2 aromatic heterocycles. The minimum absolute atomic E-state index is 0.230. The molecule has 2 N–H and O–H groups in total. The number of benzene rings is 2. The number of nitrogens with one attached hydrogen (secondary N) is 2. The summed E-state index contributed by atoms with van der Waals surface area (Å²) >= 11 is 13.4. The molecule has 9 heteroatoms. The molecule has 1 atom stereocenters. The lowest BCUT2D eigenvalue weighted by molar-refractivity contribution is 0.0875. The third kappa shape index (κ3) is 5.54. The fourth-order valence-electron chi connectivity index (χ4n) is 4.44. The number of fused-ring (bicyclic) bond motifs is 1. The van der Waals surface area contributed by atoms with Crippen LogP contribution in [0.25, 0.3) is 22.0 Å². The molecule has 7 nitrogen and oxygen atoms in total. The maximum atomic E-state index is 6.72.